The Hall–Kier alpha value is -2.34. The minimum absolute atomic E-state index is 0.0506. The number of anilines is 1. The largest absolute Gasteiger partial charge is 0.339 e. The molecule has 1 aliphatic heterocycles. The van der Waals surface area contributed by atoms with Crippen LogP contribution in [0.3, 0.4) is 0 Å². The molecule has 1 amide bonds. The molecule has 1 aliphatic rings. The summed E-state index contributed by atoms with van der Waals surface area (Å²) in [6.45, 7) is 3.75. The normalized spacial score (nSPS) is 17.4. The molecule has 0 bridgehead atoms. The molecule has 1 aromatic carbocycles. The number of carbonyl (C=O) groups excluding carboxylic acids is 1. The molecular weight excluding hydrogens is 479 g/mol. The van der Waals surface area contributed by atoms with Gasteiger partial charge in [0.1, 0.15) is 5.82 Å². The lowest BCUT2D eigenvalue weighted by molar-refractivity contribution is -0.120. The van der Waals surface area contributed by atoms with Crippen molar-refractivity contribution in [3.05, 3.63) is 45.9 Å². The number of aryl methyl sites for hydroxylation is 2. The number of piperidine rings is 1. The van der Waals surface area contributed by atoms with E-state index in [-0.39, 0.29) is 22.4 Å². The van der Waals surface area contributed by atoms with Crippen LogP contribution in [0.25, 0.3) is 10.7 Å². The van der Waals surface area contributed by atoms with Gasteiger partial charge in [0.2, 0.25) is 27.6 Å². The first-order valence-electron chi connectivity index (χ1n) is 9.82. The van der Waals surface area contributed by atoms with Gasteiger partial charge in [0.25, 0.3) is 0 Å². The quantitative estimate of drug-likeness (QED) is 0.563. The number of thiophene rings is 1. The van der Waals surface area contributed by atoms with Crippen LogP contribution in [-0.4, -0.2) is 41.9 Å². The van der Waals surface area contributed by atoms with Crippen LogP contribution in [0.15, 0.2) is 33.7 Å². The predicted molar refractivity (Wildman–Crippen MR) is 119 cm³/mol. The van der Waals surface area contributed by atoms with Crippen molar-refractivity contribution in [1.82, 2.24) is 14.4 Å². The molecule has 32 heavy (non-hydrogen) atoms. The van der Waals surface area contributed by atoms with Crippen LogP contribution in [0.5, 0.6) is 0 Å². The van der Waals surface area contributed by atoms with Gasteiger partial charge in [-0.15, -0.1) is 11.3 Å². The average molecular weight is 499 g/mol. The third kappa shape index (κ3) is 4.56. The highest BCUT2D eigenvalue weighted by Gasteiger charge is 2.35. The van der Waals surface area contributed by atoms with E-state index in [1.807, 2.05) is 0 Å². The number of amides is 1. The highest BCUT2D eigenvalue weighted by molar-refractivity contribution is 7.89. The summed E-state index contributed by atoms with van der Waals surface area (Å²) in [5.41, 5.74) is 0.357. The molecule has 0 spiro atoms. The minimum Gasteiger partial charge on any atom is -0.339 e. The van der Waals surface area contributed by atoms with Crippen molar-refractivity contribution < 1.29 is 22.1 Å². The molecule has 1 fully saturated rings. The zero-order chi connectivity index (χ0) is 23.0. The number of carbonyl (C=O) groups is 1. The molecule has 3 heterocycles. The van der Waals surface area contributed by atoms with Gasteiger partial charge in [0.05, 0.1) is 20.7 Å². The Morgan fingerprint density at radius 2 is 2.12 bits per heavy atom. The van der Waals surface area contributed by atoms with Crippen molar-refractivity contribution in [3.63, 3.8) is 0 Å². The van der Waals surface area contributed by atoms with Gasteiger partial charge in [-0.2, -0.15) is 9.29 Å². The maximum Gasteiger partial charge on any atom is 0.244 e. The lowest BCUT2D eigenvalue weighted by Gasteiger charge is -2.31. The number of nitrogens with one attached hydrogen (secondary N) is 1. The number of halogens is 2. The molecule has 0 saturated carbocycles. The van der Waals surface area contributed by atoms with Crippen LogP contribution >= 0.6 is 22.9 Å². The van der Waals surface area contributed by atoms with Gasteiger partial charge >= 0.3 is 0 Å². The Bertz CT molecular complexity index is 1270. The summed E-state index contributed by atoms with van der Waals surface area (Å²) in [5, 5.41) is 6.45. The Kier molecular flexibility index (Phi) is 6.35. The van der Waals surface area contributed by atoms with Gasteiger partial charge in [0, 0.05) is 30.6 Å². The van der Waals surface area contributed by atoms with Crippen LogP contribution in [0.2, 0.25) is 5.02 Å². The molecule has 1 unspecified atom stereocenters. The third-order valence-corrected chi connectivity index (χ3v) is 8.64. The first kappa shape index (κ1) is 22.8. The molecule has 2 aromatic heterocycles. The number of rotatable bonds is 5. The number of benzene rings is 1. The van der Waals surface area contributed by atoms with Crippen molar-refractivity contribution in [1.29, 1.82) is 0 Å². The Morgan fingerprint density at radius 3 is 2.81 bits per heavy atom. The second kappa shape index (κ2) is 8.89. The van der Waals surface area contributed by atoms with E-state index in [0.29, 0.717) is 46.5 Å². The fraction of sp³-hybridized carbons (Fsp3) is 0.350. The van der Waals surface area contributed by atoms with Crippen molar-refractivity contribution in [2.75, 3.05) is 18.4 Å². The van der Waals surface area contributed by atoms with Gasteiger partial charge in [-0.25, -0.2) is 12.8 Å². The van der Waals surface area contributed by atoms with E-state index in [0.717, 1.165) is 6.07 Å². The summed E-state index contributed by atoms with van der Waals surface area (Å²) in [4.78, 5) is 18.3. The van der Waals surface area contributed by atoms with Crippen LogP contribution in [0.1, 0.15) is 23.6 Å². The second-order valence-electron chi connectivity index (χ2n) is 7.49. The Labute approximate surface area is 193 Å². The van der Waals surface area contributed by atoms with Crippen molar-refractivity contribution in [3.8, 4) is 10.7 Å². The maximum absolute atomic E-state index is 13.3. The molecular formula is C20H20ClFN4O4S2. The standard InChI is InChI=1S/C20H20ClFN4O4S2/c1-11-18(9-17(31-11)19-23-12(2)30-25-19)32(28,29)26-7-3-4-13(10-26)20(27)24-14-5-6-16(22)15(21)8-14/h5-6,8-9,13H,3-4,7,10H2,1-2H3,(H,24,27). The van der Waals surface area contributed by atoms with Crippen molar-refractivity contribution in [2.24, 2.45) is 5.92 Å². The maximum atomic E-state index is 13.3. The predicted octanol–water partition coefficient (Wildman–Crippen LogP) is 4.25. The van der Waals surface area contributed by atoms with E-state index in [1.165, 1.54) is 27.8 Å². The molecule has 4 rings (SSSR count). The number of sulfonamides is 1. The monoisotopic (exact) mass is 498 g/mol. The highest BCUT2D eigenvalue weighted by Crippen LogP contribution is 2.35. The number of nitrogens with zero attached hydrogens (tertiary/aromatic N) is 3. The average Bonchev–Trinajstić information content (AvgIpc) is 3.36. The summed E-state index contributed by atoms with van der Waals surface area (Å²) >= 11 is 7.04. The summed E-state index contributed by atoms with van der Waals surface area (Å²) in [7, 11) is -3.82. The van der Waals surface area contributed by atoms with Crippen LogP contribution in [-0.2, 0) is 14.8 Å². The highest BCUT2D eigenvalue weighted by atomic mass is 35.5. The molecule has 0 aliphatic carbocycles. The molecule has 1 saturated heterocycles. The van der Waals surface area contributed by atoms with E-state index in [1.54, 1.807) is 19.9 Å². The number of aromatic nitrogens is 2. The van der Waals surface area contributed by atoms with Gasteiger partial charge in [-0.05, 0) is 44.0 Å². The lowest BCUT2D eigenvalue weighted by atomic mass is 9.99. The first-order valence-corrected chi connectivity index (χ1v) is 12.5. The molecule has 3 aromatic rings. The topological polar surface area (TPSA) is 105 Å². The Morgan fingerprint density at radius 1 is 1.34 bits per heavy atom. The van der Waals surface area contributed by atoms with Crippen LogP contribution < -0.4 is 5.32 Å². The molecule has 1 N–H and O–H groups in total. The summed E-state index contributed by atoms with van der Waals surface area (Å²) in [6, 6.07) is 5.44. The second-order valence-corrected chi connectivity index (χ2v) is 11.1. The minimum atomic E-state index is -3.82. The lowest BCUT2D eigenvalue weighted by Crippen LogP contribution is -2.43. The van der Waals surface area contributed by atoms with E-state index < -0.39 is 21.8 Å². The van der Waals surface area contributed by atoms with Crippen molar-refractivity contribution in [2.45, 2.75) is 31.6 Å². The SMILES string of the molecule is Cc1nc(-c2cc(S(=O)(=O)N3CCCC(C(=O)Nc4ccc(F)c(Cl)c4)C3)c(C)s2)no1. The first-order chi connectivity index (χ1) is 15.1. The van der Waals surface area contributed by atoms with Crippen molar-refractivity contribution >= 4 is 44.6 Å². The molecule has 1 atom stereocenters. The zero-order valence-electron chi connectivity index (χ0n) is 17.3. The third-order valence-electron chi connectivity index (χ3n) is 5.18. The fourth-order valence-electron chi connectivity index (χ4n) is 3.56. The summed E-state index contributed by atoms with van der Waals surface area (Å²) in [6.07, 6.45) is 1.09. The number of hydrogen-bond donors (Lipinski definition) is 1. The molecule has 8 nitrogen and oxygen atoms in total. The van der Waals surface area contributed by atoms with Gasteiger partial charge in [-0.1, -0.05) is 16.8 Å². The van der Waals surface area contributed by atoms with E-state index in [2.05, 4.69) is 15.5 Å². The van der Waals surface area contributed by atoms with E-state index in [9.17, 15) is 17.6 Å². The molecule has 12 heteroatoms. The van der Waals surface area contributed by atoms with Crippen LogP contribution in [0, 0.1) is 25.6 Å². The smallest absolute Gasteiger partial charge is 0.244 e. The molecule has 0 radical (unpaired) electrons. The number of hydrogen-bond acceptors (Lipinski definition) is 7. The Balaban J connectivity index is 1.51. The van der Waals surface area contributed by atoms with E-state index >= 15 is 0 Å². The van der Waals surface area contributed by atoms with Gasteiger partial charge in [-0.3, -0.25) is 4.79 Å². The van der Waals surface area contributed by atoms with E-state index in [4.69, 9.17) is 16.1 Å². The summed E-state index contributed by atoms with van der Waals surface area (Å²) in [5.74, 6) is -0.729. The zero-order valence-corrected chi connectivity index (χ0v) is 19.7. The van der Waals surface area contributed by atoms with Crippen LogP contribution in [0.4, 0.5) is 10.1 Å². The van der Waals surface area contributed by atoms with Gasteiger partial charge < -0.3 is 9.84 Å². The fourth-order valence-corrected chi connectivity index (χ4v) is 6.75. The van der Waals surface area contributed by atoms with Gasteiger partial charge in [0.15, 0.2) is 0 Å². The summed E-state index contributed by atoms with van der Waals surface area (Å²) < 4.78 is 46.4. The molecule has 170 valence electrons.